The summed E-state index contributed by atoms with van der Waals surface area (Å²) in [7, 11) is -4.42. The number of fused-ring (bicyclic) bond motifs is 1. The maximum absolute atomic E-state index is 14.4. The molecule has 0 spiro atoms. The lowest BCUT2D eigenvalue weighted by Gasteiger charge is -2.27. The molecule has 206 valence electrons. The largest absolute Gasteiger partial charge is 0.451 e. The molecule has 7 nitrogen and oxygen atoms in total. The van der Waals surface area contributed by atoms with Crippen molar-refractivity contribution >= 4 is 15.9 Å². The molecule has 0 radical (unpaired) electrons. The van der Waals surface area contributed by atoms with Crippen LogP contribution in [0.25, 0.3) is 11.1 Å². The summed E-state index contributed by atoms with van der Waals surface area (Å²) in [5, 5.41) is 2.38. The van der Waals surface area contributed by atoms with Gasteiger partial charge in [0, 0.05) is 42.5 Å². The number of rotatable bonds is 6. The van der Waals surface area contributed by atoms with Crippen molar-refractivity contribution < 1.29 is 43.9 Å². The van der Waals surface area contributed by atoms with Gasteiger partial charge in [0.1, 0.15) is 17.7 Å². The van der Waals surface area contributed by atoms with E-state index in [1.807, 2.05) is 0 Å². The van der Waals surface area contributed by atoms with Gasteiger partial charge in [-0.1, -0.05) is 6.07 Å². The number of nitrogens with zero attached hydrogens (tertiary/aromatic N) is 3. The van der Waals surface area contributed by atoms with E-state index < -0.39 is 69.9 Å². The molecule has 2 aliphatic rings. The van der Waals surface area contributed by atoms with Crippen molar-refractivity contribution in [2.75, 3.05) is 6.54 Å². The second kappa shape index (κ2) is 9.26. The molecule has 2 aromatic carbocycles. The van der Waals surface area contributed by atoms with Crippen LogP contribution < -0.4 is 5.32 Å². The smallest absolute Gasteiger partial charge is 0.351 e. The lowest BCUT2D eigenvalue weighted by molar-refractivity contribution is -0.145. The van der Waals surface area contributed by atoms with Crippen molar-refractivity contribution in [2.45, 2.75) is 29.6 Å². The van der Waals surface area contributed by atoms with Crippen molar-refractivity contribution in [1.29, 1.82) is 0 Å². The van der Waals surface area contributed by atoms with Crippen LogP contribution >= 0.6 is 0 Å². The Morgan fingerprint density at radius 1 is 1.05 bits per heavy atom. The molecule has 5 rings (SSSR count). The number of alkyl halides is 5. The van der Waals surface area contributed by atoms with Crippen LogP contribution in [-0.2, 0) is 27.5 Å². The van der Waals surface area contributed by atoms with E-state index in [0.29, 0.717) is 4.31 Å². The SMILES string of the molecule is O=C(NCc1ccc(F)c(-c2cnc(C(F)(F)F)nc2)c1)[C@@H]1C2[C@H](CN1S(=O)(=O)c1ccc(F)cc1)C2(F)F. The summed E-state index contributed by atoms with van der Waals surface area (Å²) in [6.45, 7) is -0.943. The lowest BCUT2D eigenvalue weighted by Crippen LogP contribution is -2.50. The third-order valence-electron chi connectivity index (χ3n) is 6.69. The molecule has 1 saturated carbocycles. The summed E-state index contributed by atoms with van der Waals surface area (Å²) < 4.78 is 121. The Balaban J connectivity index is 1.35. The number of hydrogen-bond acceptors (Lipinski definition) is 5. The number of sulfonamides is 1. The molecule has 1 amide bonds. The Kier molecular flexibility index (Phi) is 6.41. The van der Waals surface area contributed by atoms with Gasteiger partial charge in [-0.15, -0.1) is 0 Å². The maximum Gasteiger partial charge on any atom is 0.451 e. The van der Waals surface area contributed by atoms with E-state index in [4.69, 9.17) is 0 Å². The van der Waals surface area contributed by atoms with E-state index in [1.165, 1.54) is 12.1 Å². The molecule has 1 aliphatic heterocycles. The summed E-state index contributed by atoms with van der Waals surface area (Å²) >= 11 is 0. The summed E-state index contributed by atoms with van der Waals surface area (Å²) in [6.07, 6.45) is -3.23. The molecule has 1 aromatic heterocycles. The molecule has 3 atom stereocenters. The van der Waals surface area contributed by atoms with Gasteiger partial charge in [-0.05, 0) is 42.0 Å². The fraction of sp³-hybridized carbons (Fsp3) is 0.292. The third kappa shape index (κ3) is 4.84. The number of amides is 1. The molecule has 3 aromatic rings. The highest BCUT2D eigenvalue weighted by molar-refractivity contribution is 7.89. The van der Waals surface area contributed by atoms with Crippen LogP contribution in [0.5, 0.6) is 0 Å². The minimum absolute atomic E-state index is 0.0819. The second-order valence-electron chi connectivity index (χ2n) is 9.11. The lowest BCUT2D eigenvalue weighted by atomic mass is 10.0. The highest BCUT2D eigenvalue weighted by Gasteiger charge is 2.78. The molecule has 2 fully saturated rings. The quantitative estimate of drug-likeness (QED) is 0.450. The van der Waals surface area contributed by atoms with Gasteiger partial charge in [0.2, 0.25) is 21.8 Å². The van der Waals surface area contributed by atoms with Crippen LogP contribution in [0.3, 0.4) is 0 Å². The minimum atomic E-state index is -4.79. The Morgan fingerprint density at radius 2 is 1.69 bits per heavy atom. The summed E-state index contributed by atoms with van der Waals surface area (Å²) in [4.78, 5) is 19.0. The zero-order chi connectivity index (χ0) is 28.3. The van der Waals surface area contributed by atoms with Gasteiger partial charge in [0.25, 0.3) is 5.92 Å². The number of aromatic nitrogens is 2. The van der Waals surface area contributed by atoms with Crippen molar-refractivity contribution in [3.63, 3.8) is 0 Å². The van der Waals surface area contributed by atoms with Crippen LogP contribution in [-0.4, -0.2) is 47.1 Å². The van der Waals surface area contributed by atoms with Crippen LogP contribution in [0, 0.1) is 23.5 Å². The van der Waals surface area contributed by atoms with Crippen molar-refractivity contribution in [3.05, 3.63) is 77.9 Å². The first kappa shape index (κ1) is 27.0. The zero-order valence-electron chi connectivity index (χ0n) is 19.5. The Bertz CT molecular complexity index is 1530. The summed E-state index contributed by atoms with van der Waals surface area (Å²) in [6, 6.07) is 5.41. The van der Waals surface area contributed by atoms with Crippen LogP contribution in [0.4, 0.5) is 30.7 Å². The average molecular weight is 574 g/mol. The number of carbonyl (C=O) groups excluding carboxylic acids is 1. The number of halogens is 7. The first-order valence-electron chi connectivity index (χ1n) is 11.3. The Morgan fingerprint density at radius 3 is 2.31 bits per heavy atom. The highest BCUT2D eigenvalue weighted by Crippen LogP contribution is 2.63. The average Bonchev–Trinajstić information content (AvgIpc) is 3.20. The first-order chi connectivity index (χ1) is 18.2. The third-order valence-corrected chi connectivity index (χ3v) is 8.55. The molecule has 39 heavy (non-hydrogen) atoms. The Labute approximate surface area is 216 Å². The predicted molar refractivity (Wildman–Crippen MR) is 120 cm³/mol. The molecule has 2 heterocycles. The van der Waals surface area contributed by atoms with Gasteiger partial charge in [0.15, 0.2) is 0 Å². The van der Waals surface area contributed by atoms with Crippen molar-refractivity contribution in [3.8, 4) is 11.1 Å². The molecule has 1 unspecified atom stereocenters. The Hall–Kier alpha value is -3.59. The minimum Gasteiger partial charge on any atom is -0.351 e. The topological polar surface area (TPSA) is 92.3 Å². The van der Waals surface area contributed by atoms with Crippen LogP contribution in [0.2, 0.25) is 0 Å². The van der Waals surface area contributed by atoms with Crippen LogP contribution in [0.1, 0.15) is 11.4 Å². The first-order valence-corrected chi connectivity index (χ1v) is 12.8. The van der Waals surface area contributed by atoms with E-state index in [0.717, 1.165) is 42.7 Å². The molecule has 15 heteroatoms. The van der Waals surface area contributed by atoms with Crippen molar-refractivity contribution in [2.24, 2.45) is 11.8 Å². The predicted octanol–water partition coefficient (Wildman–Crippen LogP) is 4.01. The molecule has 1 aliphatic carbocycles. The number of benzene rings is 2. The zero-order valence-corrected chi connectivity index (χ0v) is 20.3. The molecular weight excluding hydrogens is 557 g/mol. The van der Waals surface area contributed by atoms with Gasteiger partial charge in [-0.2, -0.15) is 17.5 Å². The van der Waals surface area contributed by atoms with Crippen LogP contribution in [0.15, 0.2) is 59.8 Å². The molecule has 1 N–H and O–H groups in total. The molecule has 1 saturated heterocycles. The molecule has 0 bridgehead atoms. The maximum atomic E-state index is 14.4. The second-order valence-corrected chi connectivity index (χ2v) is 11.0. The monoisotopic (exact) mass is 574 g/mol. The van der Waals surface area contributed by atoms with Crippen molar-refractivity contribution in [1.82, 2.24) is 19.6 Å². The van der Waals surface area contributed by atoms with Gasteiger partial charge in [-0.25, -0.2) is 35.9 Å². The number of nitrogens with one attached hydrogen (secondary N) is 1. The normalized spacial score (nSPS) is 22.4. The number of hydrogen-bond donors (Lipinski definition) is 1. The van der Waals surface area contributed by atoms with Gasteiger partial charge >= 0.3 is 6.18 Å². The summed E-state index contributed by atoms with van der Waals surface area (Å²) in [5.41, 5.74) is -0.0168. The van der Waals surface area contributed by atoms with Gasteiger partial charge in [-0.3, -0.25) is 4.79 Å². The highest BCUT2D eigenvalue weighted by atomic mass is 32.2. The van der Waals surface area contributed by atoms with Gasteiger partial charge < -0.3 is 5.32 Å². The van der Waals surface area contributed by atoms with Gasteiger partial charge in [0.05, 0.1) is 10.8 Å². The fourth-order valence-corrected chi connectivity index (χ4v) is 6.30. The van der Waals surface area contributed by atoms with E-state index in [2.05, 4.69) is 15.3 Å². The standard InChI is InChI=1S/C24H17F7N4O3S/c25-14-2-4-15(5-3-14)39(37,38)35-11-17-19(23(17,27)28)20(35)21(36)32-8-12-1-6-18(26)16(7-12)13-9-33-22(34-10-13)24(29,30)31/h1-7,9-10,17,19-20H,8,11H2,(H,32,36)/t17-,19?,20-/m0/s1. The summed E-state index contributed by atoms with van der Waals surface area (Å²) in [5.74, 6) is -10.1. The number of piperidine rings is 1. The van der Waals surface area contributed by atoms with E-state index in [1.54, 1.807) is 0 Å². The van der Waals surface area contributed by atoms with E-state index in [9.17, 15) is 43.9 Å². The van der Waals surface area contributed by atoms with E-state index >= 15 is 0 Å². The van der Waals surface area contributed by atoms with E-state index in [-0.39, 0.29) is 28.1 Å². The fourth-order valence-electron chi connectivity index (χ4n) is 4.66. The number of carbonyl (C=O) groups is 1. The molecular formula is C24H17F7N4O3S.